The van der Waals surface area contributed by atoms with E-state index in [-0.39, 0.29) is 12.1 Å². The Morgan fingerprint density at radius 2 is 1.68 bits per heavy atom. The molecule has 1 amide bonds. The first-order chi connectivity index (χ1) is 19.8. The third-order valence-electron chi connectivity index (χ3n) is 8.53. The minimum atomic E-state index is -0.489. The molecule has 0 bridgehead atoms. The lowest BCUT2D eigenvalue weighted by Gasteiger charge is -2.34. The quantitative estimate of drug-likeness (QED) is 0.350. The van der Waals surface area contributed by atoms with Crippen molar-refractivity contribution in [3.05, 3.63) is 18.0 Å². The summed E-state index contributed by atoms with van der Waals surface area (Å²) in [5, 5.41) is 4.68. The Morgan fingerprint density at radius 1 is 0.951 bits per heavy atom. The Bertz CT molecular complexity index is 1160. The number of ether oxygens (including phenoxy) is 3. The van der Waals surface area contributed by atoms with Crippen molar-refractivity contribution in [2.24, 2.45) is 0 Å². The van der Waals surface area contributed by atoms with Crippen LogP contribution in [0.3, 0.4) is 0 Å². The molecular formula is C32H49N5O4. The lowest BCUT2D eigenvalue weighted by atomic mass is 9.88. The molecule has 9 heteroatoms. The van der Waals surface area contributed by atoms with Crippen LogP contribution in [0.1, 0.15) is 96.7 Å². The smallest absolute Gasteiger partial charge is 0.410 e. The normalized spacial score (nSPS) is 19.5. The van der Waals surface area contributed by atoms with E-state index in [9.17, 15) is 4.79 Å². The second-order valence-electron chi connectivity index (χ2n) is 12.9. The van der Waals surface area contributed by atoms with Crippen LogP contribution in [0, 0.1) is 0 Å². The fourth-order valence-electron chi connectivity index (χ4n) is 6.28. The number of nitrogens with zero attached hydrogens (tertiary/aromatic N) is 4. The molecule has 3 fully saturated rings. The molecule has 3 aliphatic rings. The van der Waals surface area contributed by atoms with E-state index in [2.05, 4.69) is 10.2 Å². The number of benzene rings is 1. The second kappa shape index (κ2) is 13.4. The maximum atomic E-state index is 12.6. The Hall–Kier alpha value is -2.81. The largest absolute Gasteiger partial charge is 0.493 e. The highest BCUT2D eigenvalue weighted by Gasteiger charge is 2.28. The fraction of sp³-hybridized carbons (Fsp3) is 0.719. The van der Waals surface area contributed by atoms with E-state index in [1.807, 2.05) is 37.8 Å². The molecule has 0 atom stereocenters. The minimum absolute atomic E-state index is 0.207. The van der Waals surface area contributed by atoms with Crippen LogP contribution in [0.2, 0.25) is 0 Å². The van der Waals surface area contributed by atoms with E-state index in [1.54, 1.807) is 7.11 Å². The Kier molecular flexibility index (Phi) is 9.73. The molecule has 1 N–H and O–H groups in total. The monoisotopic (exact) mass is 567 g/mol. The van der Waals surface area contributed by atoms with Crippen molar-refractivity contribution in [3.63, 3.8) is 0 Å². The molecule has 1 aliphatic carbocycles. The van der Waals surface area contributed by atoms with E-state index >= 15 is 0 Å². The molecule has 2 aromatic rings. The molecule has 1 saturated carbocycles. The summed E-state index contributed by atoms with van der Waals surface area (Å²) in [7, 11) is 1.69. The molecule has 1 aromatic heterocycles. The van der Waals surface area contributed by atoms with Crippen LogP contribution < -0.4 is 14.8 Å². The summed E-state index contributed by atoms with van der Waals surface area (Å²) >= 11 is 0. The molecule has 2 saturated heterocycles. The highest BCUT2D eigenvalue weighted by Crippen LogP contribution is 2.38. The van der Waals surface area contributed by atoms with Crippen LogP contribution >= 0.6 is 0 Å². The van der Waals surface area contributed by atoms with Gasteiger partial charge in [-0.25, -0.2) is 14.8 Å². The zero-order chi connectivity index (χ0) is 28.8. The number of likely N-dealkylation sites (tertiary alicyclic amines) is 2. The van der Waals surface area contributed by atoms with Crippen molar-refractivity contribution in [2.75, 3.05) is 51.8 Å². The van der Waals surface area contributed by atoms with Gasteiger partial charge in [-0.2, -0.15) is 0 Å². The predicted octanol–water partition coefficient (Wildman–Crippen LogP) is 6.36. The van der Waals surface area contributed by atoms with Gasteiger partial charge in [0.25, 0.3) is 0 Å². The van der Waals surface area contributed by atoms with Crippen LogP contribution in [-0.2, 0) is 4.74 Å². The topological polar surface area (TPSA) is 89.0 Å². The van der Waals surface area contributed by atoms with E-state index in [0.29, 0.717) is 31.4 Å². The van der Waals surface area contributed by atoms with Crippen molar-refractivity contribution >= 4 is 22.8 Å². The van der Waals surface area contributed by atoms with Gasteiger partial charge in [-0.1, -0.05) is 19.3 Å². The number of methoxy groups -OCH3 is 1. The van der Waals surface area contributed by atoms with Gasteiger partial charge in [-0.05, 0) is 84.9 Å². The highest BCUT2D eigenvalue weighted by atomic mass is 16.6. The molecule has 9 nitrogen and oxygen atoms in total. The van der Waals surface area contributed by atoms with Crippen LogP contribution in [-0.4, -0.2) is 83.9 Å². The number of carbonyl (C=O) groups excluding carboxylic acids is 1. The molecule has 5 rings (SSSR count). The van der Waals surface area contributed by atoms with Crippen LogP contribution in [0.5, 0.6) is 11.5 Å². The number of amides is 1. The Labute approximate surface area is 245 Å². The van der Waals surface area contributed by atoms with E-state index in [4.69, 9.17) is 24.2 Å². The maximum absolute atomic E-state index is 12.6. The van der Waals surface area contributed by atoms with Gasteiger partial charge < -0.3 is 29.3 Å². The van der Waals surface area contributed by atoms with Crippen molar-refractivity contribution in [3.8, 4) is 11.5 Å². The van der Waals surface area contributed by atoms with Gasteiger partial charge in [0, 0.05) is 43.0 Å². The molecule has 2 aliphatic heterocycles. The van der Waals surface area contributed by atoms with Crippen LogP contribution in [0.15, 0.2) is 12.1 Å². The third-order valence-corrected chi connectivity index (χ3v) is 8.53. The predicted molar refractivity (Wildman–Crippen MR) is 162 cm³/mol. The zero-order valence-electron chi connectivity index (χ0n) is 25.5. The third kappa shape index (κ3) is 7.93. The Balaban J connectivity index is 1.33. The summed E-state index contributed by atoms with van der Waals surface area (Å²) in [5.74, 6) is 3.61. The minimum Gasteiger partial charge on any atom is -0.493 e. The number of hydrogen-bond acceptors (Lipinski definition) is 8. The van der Waals surface area contributed by atoms with E-state index < -0.39 is 5.60 Å². The number of rotatable bonds is 9. The summed E-state index contributed by atoms with van der Waals surface area (Å²) in [6.07, 6.45) is 11.1. The summed E-state index contributed by atoms with van der Waals surface area (Å²) in [6, 6.07) is 4.26. The van der Waals surface area contributed by atoms with Gasteiger partial charge >= 0.3 is 6.09 Å². The number of piperidine rings is 1. The first kappa shape index (κ1) is 29.7. The molecule has 0 unspecified atom stereocenters. The number of anilines is 1. The van der Waals surface area contributed by atoms with E-state index in [0.717, 1.165) is 66.9 Å². The molecule has 3 heterocycles. The van der Waals surface area contributed by atoms with E-state index in [1.165, 1.54) is 45.2 Å². The first-order valence-electron chi connectivity index (χ1n) is 15.8. The van der Waals surface area contributed by atoms with Gasteiger partial charge in [-0.3, -0.25) is 0 Å². The van der Waals surface area contributed by atoms with Crippen LogP contribution in [0.4, 0.5) is 10.6 Å². The number of hydrogen-bond donors (Lipinski definition) is 1. The molecule has 0 radical (unpaired) electrons. The van der Waals surface area contributed by atoms with Gasteiger partial charge in [0.15, 0.2) is 11.5 Å². The molecular weight excluding hydrogens is 518 g/mol. The summed E-state index contributed by atoms with van der Waals surface area (Å²) < 4.78 is 17.6. The summed E-state index contributed by atoms with van der Waals surface area (Å²) in [6.45, 7) is 11.2. The Morgan fingerprint density at radius 3 is 2.37 bits per heavy atom. The fourth-order valence-corrected chi connectivity index (χ4v) is 6.28. The number of fused-ring (bicyclic) bond motifs is 1. The molecule has 0 spiro atoms. The van der Waals surface area contributed by atoms with Crippen molar-refractivity contribution in [2.45, 2.75) is 103 Å². The number of aromatic nitrogens is 2. The summed E-state index contributed by atoms with van der Waals surface area (Å²) in [5.41, 5.74) is 0.404. The first-order valence-corrected chi connectivity index (χ1v) is 15.8. The van der Waals surface area contributed by atoms with Gasteiger partial charge in [-0.15, -0.1) is 0 Å². The van der Waals surface area contributed by atoms with Crippen molar-refractivity contribution in [1.82, 2.24) is 19.8 Å². The second-order valence-corrected chi connectivity index (χ2v) is 12.9. The van der Waals surface area contributed by atoms with Crippen molar-refractivity contribution in [1.29, 1.82) is 0 Å². The summed E-state index contributed by atoms with van der Waals surface area (Å²) in [4.78, 5) is 27.1. The standard InChI is InChI=1S/C32H49N5O4/c1-32(2,3)41-31(38)37-18-13-24(14-19-37)33-30-25-21-27(39-4)28(40-20-10-17-36-15-8-9-16-36)22-26(25)34-29(35-30)23-11-6-5-7-12-23/h21-24H,5-20H2,1-4H3,(H,33,34,35). The van der Waals surface area contributed by atoms with Gasteiger partial charge in [0.05, 0.1) is 19.2 Å². The zero-order valence-corrected chi connectivity index (χ0v) is 25.5. The maximum Gasteiger partial charge on any atom is 0.410 e. The number of carbonyl (C=O) groups is 1. The average molecular weight is 568 g/mol. The lowest BCUT2D eigenvalue weighted by Crippen LogP contribution is -2.44. The number of nitrogens with one attached hydrogen (secondary N) is 1. The molecule has 41 heavy (non-hydrogen) atoms. The lowest BCUT2D eigenvalue weighted by molar-refractivity contribution is 0.0210. The average Bonchev–Trinajstić information content (AvgIpc) is 3.48. The highest BCUT2D eigenvalue weighted by molar-refractivity contribution is 5.92. The van der Waals surface area contributed by atoms with Gasteiger partial charge in [0.1, 0.15) is 17.2 Å². The van der Waals surface area contributed by atoms with Crippen LogP contribution in [0.25, 0.3) is 10.9 Å². The van der Waals surface area contributed by atoms with Crippen molar-refractivity contribution < 1.29 is 19.0 Å². The SMILES string of the molecule is COc1cc2c(NC3CCN(C(=O)OC(C)(C)C)CC3)nc(C3CCCCC3)nc2cc1OCCCN1CCCC1. The molecule has 226 valence electrons. The molecule has 1 aromatic carbocycles. The van der Waals surface area contributed by atoms with Gasteiger partial charge in [0.2, 0.25) is 0 Å².